The van der Waals surface area contributed by atoms with E-state index in [1.807, 2.05) is 37.3 Å². The number of ketones is 1. The summed E-state index contributed by atoms with van der Waals surface area (Å²) >= 11 is 0. The number of ether oxygens (including phenoxy) is 2. The molecule has 208 valence electrons. The van der Waals surface area contributed by atoms with Crippen molar-refractivity contribution in [2.24, 2.45) is 5.92 Å². The molecule has 0 aliphatic carbocycles. The highest BCUT2D eigenvalue weighted by Crippen LogP contribution is 2.42. The van der Waals surface area contributed by atoms with Gasteiger partial charge in [0.2, 0.25) is 0 Å². The third-order valence-corrected chi connectivity index (χ3v) is 6.83. The number of anilines is 1. The molecule has 0 radical (unpaired) electrons. The number of aryl methyl sites for hydroxylation is 1. The Hall–Kier alpha value is -4.91. The number of benzene rings is 3. The lowest BCUT2D eigenvalue weighted by molar-refractivity contribution is -0.132. The first-order valence-electron chi connectivity index (χ1n) is 13.5. The highest BCUT2D eigenvalue weighted by molar-refractivity contribution is 6.51. The molecule has 1 atom stereocenters. The van der Waals surface area contributed by atoms with E-state index in [1.54, 1.807) is 67.0 Å². The second-order valence-electron chi connectivity index (χ2n) is 10.4. The molecule has 1 aromatic heterocycles. The van der Waals surface area contributed by atoms with Crippen molar-refractivity contribution in [2.75, 3.05) is 11.5 Å². The summed E-state index contributed by atoms with van der Waals surface area (Å²) in [4.78, 5) is 32.5. The summed E-state index contributed by atoms with van der Waals surface area (Å²) in [5, 5.41) is 11.5. The van der Waals surface area contributed by atoms with Gasteiger partial charge in [-0.3, -0.25) is 19.5 Å². The molecule has 0 spiro atoms. The van der Waals surface area contributed by atoms with Gasteiger partial charge in [0.1, 0.15) is 23.9 Å². The van der Waals surface area contributed by atoms with E-state index in [0.29, 0.717) is 47.4 Å². The summed E-state index contributed by atoms with van der Waals surface area (Å²) < 4.78 is 11.8. The average Bonchev–Trinajstić information content (AvgIpc) is 3.26. The number of aliphatic hydroxyl groups is 1. The third kappa shape index (κ3) is 5.99. The molecule has 3 aromatic carbocycles. The van der Waals surface area contributed by atoms with Crippen LogP contribution in [0.2, 0.25) is 0 Å². The first-order chi connectivity index (χ1) is 19.8. The maximum Gasteiger partial charge on any atom is 0.300 e. The lowest BCUT2D eigenvalue weighted by Gasteiger charge is -2.25. The van der Waals surface area contributed by atoms with Gasteiger partial charge in [-0.2, -0.15) is 0 Å². The van der Waals surface area contributed by atoms with Crippen molar-refractivity contribution in [1.82, 2.24) is 4.98 Å². The minimum atomic E-state index is -0.864. The molecule has 1 N–H and O–H groups in total. The first-order valence-corrected chi connectivity index (χ1v) is 13.5. The van der Waals surface area contributed by atoms with Crippen LogP contribution >= 0.6 is 0 Å². The van der Waals surface area contributed by atoms with Crippen LogP contribution in [0.5, 0.6) is 11.5 Å². The topological polar surface area (TPSA) is 89.0 Å². The predicted molar refractivity (Wildman–Crippen MR) is 158 cm³/mol. The SMILES string of the molecule is Cc1cc(/C(O)=C2/C(=O)C(=O)N(c3ccc(OCc4ccccc4)cc3)C2c2cccnc2)ccc1OCC(C)C. The molecule has 4 aromatic rings. The molecular formula is C34H32N2O5. The Morgan fingerprint density at radius 1 is 0.951 bits per heavy atom. The maximum atomic E-state index is 13.5. The van der Waals surface area contributed by atoms with Crippen molar-refractivity contribution >= 4 is 23.1 Å². The van der Waals surface area contributed by atoms with Gasteiger partial charge in [0.15, 0.2) is 0 Å². The highest BCUT2D eigenvalue weighted by Gasteiger charge is 2.47. The molecule has 0 saturated carbocycles. The number of carbonyl (C=O) groups excluding carboxylic acids is 2. The van der Waals surface area contributed by atoms with Gasteiger partial charge >= 0.3 is 0 Å². The fraction of sp³-hybridized carbons (Fsp3) is 0.206. The van der Waals surface area contributed by atoms with Gasteiger partial charge in [0, 0.05) is 23.6 Å². The second kappa shape index (κ2) is 12.1. The number of hydrogen-bond acceptors (Lipinski definition) is 6. The minimum absolute atomic E-state index is 0.00246. The minimum Gasteiger partial charge on any atom is -0.507 e. The van der Waals surface area contributed by atoms with E-state index in [4.69, 9.17) is 9.47 Å². The number of carbonyl (C=O) groups is 2. The van der Waals surface area contributed by atoms with E-state index in [2.05, 4.69) is 18.8 Å². The molecule has 7 nitrogen and oxygen atoms in total. The predicted octanol–water partition coefficient (Wildman–Crippen LogP) is 6.63. The number of pyridine rings is 1. The lowest BCUT2D eigenvalue weighted by atomic mass is 9.95. The van der Waals surface area contributed by atoms with Crippen LogP contribution in [-0.4, -0.2) is 28.4 Å². The smallest absolute Gasteiger partial charge is 0.300 e. The molecule has 1 unspecified atom stereocenters. The van der Waals surface area contributed by atoms with Crippen LogP contribution in [0.3, 0.4) is 0 Å². The molecule has 1 saturated heterocycles. The van der Waals surface area contributed by atoms with Gasteiger partial charge in [-0.05, 0) is 78.1 Å². The van der Waals surface area contributed by atoms with Crippen LogP contribution in [0.15, 0.2) is 103 Å². The zero-order valence-electron chi connectivity index (χ0n) is 23.3. The monoisotopic (exact) mass is 548 g/mol. The largest absolute Gasteiger partial charge is 0.507 e. The van der Waals surface area contributed by atoms with Crippen molar-refractivity contribution in [3.63, 3.8) is 0 Å². The van der Waals surface area contributed by atoms with E-state index in [0.717, 1.165) is 11.1 Å². The van der Waals surface area contributed by atoms with Gasteiger partial charge in [0.25, 0.3) is 11.7 Å². The second-order valence-corrected chi connectivity index (χ2v) is 10.4. The number of amides is 1. The summed E-state index contributed by atoms with van der Waals surface area (Å²) in [7, 11) is 0. The van der Waals surface area contributed by atoms with Crippen LogP contribution in [0.1, 0.15) is 42.1 Å². The Bertz CT molecular complexity index is 1560. The van der Waals surface area contributed by atoms with E-state index in [-0.39, 0.29) is 11.3 Å². The molecule has 1 fully saturated rings. The molecule has 1 amide bonds. The zero-order chi connectivity index (χ0) is 28.9. The molecule has 5 rings (SSSR count). The maximum absolute atomic E-state index is 13.5. The number of hydrogen-bond donors (Lipinski definition) is 1. The number of nitrogens with zero attached hydrogens (tertiary/aromatic N) is 2. The van der Waals surface area contributed by atoms with Crippen LogP contribution < -0.4 is 14.4 Å². The molecule has 7 heteroatoms. The summed E-state index contributed by atoms with van der Waals surface area (Å²) in [5.41, 5.74) is 3.38. The molecule has 2 heterocycles. The van der Waals surface area contributed by atoms with Crippen molar-refractivity contribution in [2.45, 2.75) is 33.4 Å². The Labute approximate surface area is 239 Å². The van der Waals surface area contributed by atoms with Crippen molar-refractivity contribution in [3.8, 4) is 11.5 Å². The summed E-state index contributed by atoms with van der Waals surface area (Å²) in [6.45, 7) is 6.98. The molecule has 1 aliphatic rings. The van der Waals surface area contributed by atoms with Crippen LogP contribution in [0, 0.1) is 12.8 Å². The van der Waals surface area contributed by atoms with Crippen molar-refractivity contribution < 1.29 is 24.2 Å². The fourth-order valence-corrected chi connectivity index (χ4v) is 4.77. The van der Waals surface area contributed by atoms with Gasteiger partial charge in [-0.15, -0.1) is 0 Å². The fourth-order valence-electron chi connectivity index (χ4n) is 4.77. The Kier molecular flexibility index (Phi) is 8.15. The standard InChI is InChI=1S/C34H32N2O5/c1-22(2)20-41-29-16-11-25(18-23(29)3)32(37)30-31(26-10-7-17-35-19-26)36(34(39)33(30)38)27-12-14-28(15-13-27)40-21-24-8-5-4-6-9-24/h4-19,22,31,37H,20-21H2,1-3H3/b32-30-. The van der Waals surface area contributed by atoms with Crippen molar-refractivity contribution in [3.05, 3.63) is 125 Å². The molecule has 0 bridgehead atoms. The van der Waals surface area contributed by atoms with E-state index in [9.17, 15) is 14.7 Å². The molecule has 41 heavy (non-hydrogen) atoms. The third-order valence-electron chi connectivity index (χ3n) is 6.83. The zero-order valence-corrected chi connectivity index (χ0v) is 23.3. The van der Waals surface area contributed by atoms with Gasteiger partial charge in [-0.1, -0.05) is 50.2 Å². The first kappa shape index (κ1) is 27.6. The quantitative estimate of drug-likeness (QED) is 0.143. The van der Waals surface area contributed by atoms with E-state index >= 15 is 0 Å². The Balaban J connectivity index is 1.49. The lowest BCUT2D eigenvalue weighted by Crippen LogP contribution is -2.29. The van der Waals surface area contributed by atoms with Crippen LogP contribution in [0.25, 0.3) is 5.76 Å². The van der Waals surface area contributed by atoms with Crippen LogP contribution in [-0.2, 0) is 16.2 Å². The van der Waals surface area contributed by atoms with E-state index < -0.39 is 17.7 Å². The van der Waals surface area contributed by atoms with E-state index in [1.165, 1.54) is 4.90 Å². The van der Waals surface area contributed by atoms with Gasteiger partial charge in [0.05, 0.1) is 18.2 Å². The van der Waals surface area contributed by atoms with Crippen LogP contribution in [0.4, 0.5) is 5.69 Å². The van der Waals surface area contributed by atoms with Crippen molar-refractivity contribution in [1.29, 1.82) is 0 Å². The molecular weight excluding hydrogens is 516 g/mol. The number of aliphatic hydroxyl groups excluding tert-OH is 1. The highest BCUT2D eigenvalue weighted by atomic mass is 16.5. The summed E-state index contributed by atoms with van der Waals surface area (Å²) in [5.74, 6) is -0.0505. The normalized spacial score (nSPS) is 16.3. The summed E-state index contributed by atoms with van der Waals surface area (Å²) in [6.07, 6.45) is 3.22. The Morgan fingerprint density at radius 2 is 1.71 bits per heavy atom. The average molecular weight is 549 g/mol. The van der Waals surface area contributed by atoms with Gasteiger partial charge in [-0.25, -0.2) is 0 Å². The van der Waals surface area contributed by atoms with Gasteiger partial charge < -0.3 is 14.6 Å². The number of Topliss-reactive ketones (excluding diaryl/α,β-unsaturated/α-hetero) is 1. The Morgan fingerprint density at radius 3 is 2.37 bits per heavy atom. The number of rotatable bonds is 9. The molecule has 1 aliphatic heterocycles. The summed E-state index contributed by atoms with van der Waals surface area (Å²) in [6, 6.07) is 24.7. The number of aromatic nitrogens is 1.